The molecule has 1 N–H and O–H groups in total. The number of carbonyl (C=O) groups is 1. The highest BCUT2D eigenvalue weighted by Crippen LogP contribution is 2.20. The Labute approximate surface area is 132 Å². The minimum atomic E-state index is 0.0481. The summed E-state index contributed by atoms with van der Waals surface area (Å²) in [6.07, 6.45) is 9.73. The zero-order valence-corrected chi connectivity index (χ0v) is 13.5. The third kappa shape index (κ3) is 3.76. The number of aryl methyl sites for hydroxylation is 1. The number of aromatic nitrogens is 2. The molecule has 1 amide bonds. The summed E-state index contributed by atoms with van der Waals surface area (Å²) in [5, 5.41) is 3.45. The molecule has 2 fully saturated rings. The molecule has 1 aliphatic heterocycles. The van der Waals surface area contributed by atoms with E-state index in [9.17, 15) is 4.79 Å². The van der Waals surface area contributed by atoms with Crippen molar-refractivity contribution in [3.8, 4) is 0 Å². The number of nitrogens with zero attached hydrogens (tertiary/aromatic N) is 3. The van der Waals surface area contributed by atoms with Crippen LogP contribution in [0.15, 0.2) is 6.07 Å². The first-order valence-electron chi connectivity index (χ1n) is 8.64. The van der Waals surface area contributed by atoms with E-state index in [-0.39, 0.29) is 5.91 Å². The SMILES string of the molecule is Cc1cc(C(=O)N2CCCC2)nc(NC2CCCCCC2)n1. The summed E-state index contributed by atoms with van der Waals surface area (Å²) in [6, 6.07) is 2.25. The molecule has 0 aromatic carbocycles. The van der Waals surface area contributed by atoms with Crippen molar-refractivity contribution in [1.29, 1.82) is 0 Å². The Hall–Kier alpha value is -1.65. The predicted molar refractivity (Wildman–Crippen MR) is 87.0 cm³/mol. The van der Waals surface area contributed by atoms with Gasteiger partial charge in [0.2, 0.25) is 5.95 Å². The summed E-state index contributed by atoms with van der Waals surface area (Å²) in [4.78, 5) is 23.4. The van der Waals surface area contributed by atoms with Crippen LogP contribution in [0.1, 0.15) is 67.5 Å². The molecule has 1 saturated heterocycles. The second kappa shape index (κ2) is 7.07. The number of likely N-dealkylation sites (tertiary alicyclic amines) is 1. The second-order valence-corrected chi connectivity index (χ2v) is 6.55. The molecular formula is C17H26N4O. The summed E-state index contributed by atoms with van der Waals surface area (Å²) in [5.41, 5.74) is 1.39. The average Bonchev–Trinajstić information content (AvgIpc) is 2.92. The average molecular weight is 302 g/mol. The molecule has 1 saturated carbocycles. The van der Waals surface area contributed by atoms with Crippen molar-refractivity contribution in [3.63, 3.8) is 0 Å². The van der Waals surface area contributed by atoms with Crippen molar-refractivity contribution in [2.45, 2.75) is 64.3 Å². The summed E-state index contributed by atoms with van der Waals surface area (Å²) < 4.78 is 0. The van der Waals surface area contributed by atoms with Crippen molar-refractivity contribution in [3.05, 3.63) is 17.5 Å². The van der Waals surface area contributed by atoms with Gasteiger partial charge in [0.1, 0.15) is 5.69 Å². The number of anilines is 1. The fraction of sp³-hybridized carbons (Fsp3) is 0.706. The molecule has 120 valence electrons. The van der Waals surface area contributed by atoms with Crippen LogP contribution in [-0.4, -0.2) is 39.9 Å². The van der Waals surface area contributed by atoms with Gasteiger partial charge in [-0.1, -0.05) is 25.7 Å². The molecule has 1 aliphatic carbocycles. The molecule has 0 bridgehead atoms. The molecule has 0 unspecified atom stereocenters. The quantitative estimate of drug-likeness (QED) is 0.871. The first-order valence-corrected chi connectivity index (χ1v) is 8.64. The standard InChI is InChI=1S/C17H26N4O/c1-13-12-15(16(22)21-10-6-7-11-21)20-17(18-13)19-14-8-4-2-3-5-9-14/h12,14H,2-11H2,1H3,(H,18,19,20). The Bertz CT molecular complexity index is 517. The normalized spacial score (nSPS) is 20.0. The van der Waals surface area contributed by atoms with Crippen LogP contribution in [0.2, 0.25) is 0 Å². The molecule has 0 spiro atoms. The van der Waals surface area contributed by atoms with Crippen LogP contribution in [0.4, 0.5) is 5.95 Å². The first kappa shape index (κ1) is 15.3. The maximum absolute atomic E-state index is 12.5. The van der Waals surface area contributed by atoms with Crippen LogP contribution < -0.4 is 5.32 Å². The Balaban J connectivity index is 1.72. The highest BCUT2D eigenvalue weighted by Gasteiger charge is 2.22. The zero-order valence-electron chi connectivity index (χ0n) is 13.5. The number of hydrogen-bond donors (Lipinski definition) is 1. The fourth-order valence-corrected chi connectivity index (χ4v) is 3.43. The van der Waals surface area contributed by atoms with Gasteiger partial charge in [-0.3, -0.25) is 4.79 Å². The van der Waals surface area contributed by atoms with Crippen LogP contribution in [0.25, 0.3) is 0 Å². The number of nitrogens with one attached hydrogen (secondary N) is 1. The lowest BCUT2D eigenvalue weighted by Crippen LogP contribution is -2.29. The van der Waals surface area contributed by atoms with E-state index in [1.807, 2.05) is 11.8 Å². The van der Waals surface area contributed by atoms with Gasteiger partial charge in [0.05, 0.1) is 0 Å². The van der Waals surface area contributed by atoms with E-state index in [4.69, 9.17) is 0 Å². The predicted octanol–water partition coefficient (Wildman–Crippen LogP) is 3.16. The second-order valence-electron chi connectivity index (χ2n) is 6.55. The van der Waals surface area contributed by atoms with Crippen LogP contribution >= 0.6 is 0 Å². The molecule has 2 aliphatic rings. The van der Waals surface area contributed by atoms with Gasteiger partial charge in [-0.2, -0.15) is 0 Å². The van der Waals surface area contributed by atoms with Gasteiger partial charge in [-0.15, -0.1) is 0 Å². The third-order valence-corrected chi connectivity index (χ3v) is 4.66. The number of amides is 1. The van der Waals surface area contributed by atoms with Crippen LogP contribution in [0.5, 0.6) is 0 Å². The minimum Gasteiger partial charge on any atom is -0.351 e. The lowest BCUT2D eigenvalue weighted by molar-refractivity contribution is 0.0787. The van der Waals surface area contributed by atoms with Gasteiger partial charge in [0.15, 0.2) is 0 Å². The van der Waals surface area contributed by atoms with E-state index in [1.165, 1.54) is 38.5 Å². The molecule has 5 nitrogen and oxygen atoms in total. The molecule has 0 radical (unpaired) electrons. The fourth-order valence-electron chi connectivity index (χ4n) is 3.43. The van der Waals surface area contributed by atoms with Crippen molar-refractivity contribution in [2.24, 2.45) is 0 Å². The van der Waals surface area contributed by atoms with Crippen LogP contribution in [0, 0.1) is 6.92 Å². The Morgan fingerprint density at radius 2 is 1.77 bits per heavy atom. The van der Waals surface area contributed by atoms with Crippen molar-refractivity contribution in [1.82, 2.24) is 14.9 Å². The lowest BCUT2D eigenvalue weighted by Gasteiger charge is -2.18. The van der Waals surface area contributed by atoms with Gasteiger partial charge < -0.3 is 10.2 Å². The van der Waals surface area contributed by atoms with E-state index >= 15 is 0 Å². The molecule has 0 atom stereocenters. The smallest absolute Gasteiger partial charge is 0.272 e. The van der Waals surface area contributed by atoms with Gasteiger partial charge in [-0.25, -0.2) is 9.97 Å². The molecule has 22 heavy (non-hydrogen) atoms. The monoisotopic (exact) mass is 302 g/mol. The van der Waals surface area contributed by atoms with E-state index in [2.05, 4.69) is 15.3 Å². The molecule has 3 rings (SSSR count). The van der Waals surface area contributed by atoms with E-state index < -0.39 is 0 Å². The molecule has 1 aromatic rings. The minimum absolute atomic E-state index is 0.0481. The third-order valence-electron chi connectivity index (χ3n) is 4.66. The van der Waals surface area contributed by atoms with E-state index in [0.717, 1.165) is 31.6 Å². The highest BCUT2D eigenvalue weighted by molar-refractivity contribution is 5.92. The number of rotatable bonds is 3. The maximum atomic E-state index is 12.5. The summed E-state index contributed by atoms with van der Waals surface area (Å²) in [7, 11) is 0. The number of hydrogen-bond acceptors (Lipinski definition) is 4. The van der Waals surface area contributed by atoms with Crippen LogP contribution in [0.3, 0.4) is 0 Å². The first-order chi connectivity index (χ1) is 10.7. The molecule has 1 aromatic heterocycles. The van der Waals surface area contributed by atoms with Gasteiger partial charge in [-0.05, 0) is 38.7 Å². The Morgan fingerprint density at radius 3 is 2.45 bits per heavy atom. The van der Waals surface area contributed by atoms with Gasteiger partial charge in [0.25, 0.3) is 5.91 Å². The van der Waals surface area contributed by atoms with Crippen molar-refractivity contribution >= 4 is 11.9 Å². The maximum Gasteiger partial charge on any atom is 0.272 e. The summed E-state index contributed by atoms with van der Waals surface area (Å²) in [5.74, 6) is 0.668. The van der Waals surface area contributed by atoms with Crippen molar-refractivity contribution in [2.75, 3.05) is 18.4 Å². The Kier molecular flexibility index (Phi) is 4.90. The van der Waals surface area contributed by atoms with Crippen LogP contribution in [-0.2, 0) is 0 Å². The number of carbonyl (C=O) groups excluding carboxylic acids is 1. The largest absolute Gasteiger partial charge is 0.351 e. The lowest BCUT2D eigenvalue weighted by atomic mass is 10.1. The van der Waals surface area contributed by atoms with Gasteiger partial charge in [0, 0.05) is 24.8 Å². The molecule has 5 heteroatoms. The van der Waals surface area contributed by atoms with E-state index in [1.54, 1.807) is 6.07 Å². The molecular weight excluding hydrogens is 276 g/mol. The van der Waals surface area contributed by atoms with E-state index in [0.29, 0.717) is 17.7 Å². The topological polar surface area (TPSA) is 58.1 Å². The van der Waals surface area contributed by atoms with Crippen molar-refractivity contribution < 1.29 is 4.79 Å². The summed E-state index contributed by atoms with van der Waals surface area (Å²) >= 11 is 0. The zero-order chi connectivity index (χ0) is 15.4. The Morgan fingerprint density at radius 1 is 1.09 bits per heavy atom. The highest BCUT2D eigenvalue weighted by atomic mass is 16.2. The summed E-state index contributed by atoms with van der Waals surface area (Å²) in [6.45, 7) is 3.64. The molecule has 2 heterocycles. The van der Waals surface area contributed by atoms with Gasteiger partial charge >= 0.3 is 0 Å².